The monoisotopic (exact) mass is 285 g/mol. The molecule has 0 aliphatic rings. The molecule has 0 radical (unpaired) electrons. The van der Waals surface area contributed by atoms with Gasteiger partial charge in [-0.3, -0.25) is 0 Å². The molecule has 0 amide bonds. The summed E-state index contributed by atoms with van der Waals surface area (Å²) in [6.45, 7) is 6.47. The van der Waals surface area contributed by atoms with Crippen molar-refractivity contribution in [2.75, 3.05) is 0 Å². The number of aromatic nitrogens is 2. The van der Waals surface area contributed by atoms with Crippen molar-refractivity contribution in [1.82, 2.24) is 9.55 Å². The summed E-state index contributed by atoms with van der Waals surface area (Å²) in [5.41, 5.74) is 5.22. The van der Waals surface area contributed by atoms with Gasteiger partial charge in [-0.1, -0.05) is 6.07 Å². The number of hydrogen-bond donors (Lipinski definition) is 1. The van der Waals surface area contributed by atoms with Gasteiger partial charge in [-0.25, -0.2) is 4.98 Å². The van der Waals surface area contributed by atoms with Crippen LogP contribution in [0.2, 0.25) is 0 Å². The van der Waals surface area contributed by atoms with Crippen LogP contribution < -0.4 is 5.73 Å². The van der Waals surface area contributed by atoms with E-state index in [0.29, 0.717) is 11.0 Å². The maximum Gasteiger partial charge on any atom is 0.413 e. The van der Waals surface area contributed by atoms with E-state index in [4.69, 9.17) is 5.73 Å². The van der Waals surface area contributed by atoms with E-state index in [-0.39, 0.29) is 11.9 Å². The first-order valence-electron chi connectivity index (χ1n) is 6.40. The predicted molar refractivity (Wildman–Crippen MR) is 72.4 cm³/mol. The molecule has 0 saturated heterocycles. The minimum Gasteiger partial charge on any atom is -0.324 e. The Hall–Kier alpha value is -1.56. The number of hydrogen-bond acceptors (Lipinski definition) is 2. The van der Waals surface area contributed by atoms with Crippen LogP contribution in [0.3, 0.4) is 0 Å². The Morgan fingerprint density at radius 1 is 1.25 bits per heavy atom. The van der Waals surface area contributed by atoms with Crippen molar-refractivity contribution >= 4 is 11.0 Å². The lowest BCUT2D eigenvalue weighted by atomic mass is 10.0. The molecule has 2 aromatic rings. The minimum atomic E-state index is -4.56. The summed E-state index contributed by atoms with van der Waals surface area (Å²) in [4.78, 5) is 4.15. The first-order chi connectivity index (χ1) is 9.05. The van der Waals surface area contributed by atoms with Gasteiger partial charge in [0.15, 0.2) is 5.54 Å². The summed E-state index contributed by atoms with van der Waals surface area (Å²) in [7, 11) is 0. The number of benzene rings is 1. The van der Waals surface area contributed by atoms with Crippen LogP contribution in [-0.4, -0.2) is 15.7 Å². The lowest BCUT2D eigenvalue weighted by Gasteiger charge is -2.28. The lowest BCUT2D eigenvalue weighted by molar-refractivity contribution is -0.187. The standard InChI is InChI=1S/C14H18F3N3/c1-8(2)20-11-6-5-9(3)7-10(11)19-12(20)13(4,18)14(15,16)17/h5-8H,18H2,1-4H3. The molecule has 2 rings (SSSR count). The highest BCUT2D eigenvalue weighted by Crippen LogP contribution is 2.38. The lowest BCUT2D eigenvalue weighted by Crippen LogP contribution is -2.49. The topological polar surface area (TPSA) is 43.8 Å². The molecule has 1 unspecified atom stereocenters. The Balaban J connectivity index is 2.79. The maximum atomic E-state index is 13.2. The van der Waals surface area contributed by atoms with E-state index in [1.807, 2.05) is 26.8 Å². The van der Waals surface area contributed by atoms with Crippen LogP contribution >= 0.6 is 0 Å². The van der Waals surface area contributed by atoms with E-state index in [2.05, 4.69) is 4.98 Å². The van der Waals surface area contributed by atoms with E-state index in [0.717, 1.165) is 12.5 Å². The van der Waals surface area contributed by atoms with Crippen LogP contribution in [0.25, 0.3) is 11.0 Å². The summed E-state index contributed by atoms with van der Waals surface area (Å²) >= 11 is 0. The van der Waals surface area contributed by atoms with Crippen molar-refractivity contribution in [2.24, 2.45) is 5.73 Å². The van der Waals surface area contributed by atoms with Crippen molar-refractivity contribution < 1.29 is 13.2 Å². The summed E-state index contributed by atoms with van der Waals surface area (Å²) in [6, 6.07) is 5.24. The van der Waals surface area contributed by atoms with Gasteiger partial charge in [0.2, 0.25) is 0 Å². The van der Waals surface area contributed by atoms with E-state index in [1.165, 1.54) is 0 Å². The smallest absolute Gasteiger partial charge is 0.324 e. The fraction of sp³-hybridized carbons (Fsp3) is 0.500. The second kappa shape index (κ2) is 4.48. The Kier molecular flexibility index (Phi) is 3.32. The number of rotatable bonds is 2. The van der Waals surface area contributed by atoms with Crippen molar-refractivity contribution in [3.8, 4) is 0 Å². The van der Waals surface area contributed by atoms with Gasteiger partial charge >= 0.3 is 6.18 Å². The molecule has 0 aliphatic heterocycles. The maximum absolute atomic E-state index is 13.2. The number of nitrogens with zero attached hydrogens (tertiary/aromatic N) is 2. The molecule has 0 aliphatic carbocycles. The fourth-order valence-electron chi connectivity index (χ4n) is 2.22. The summed E-state index contributed by atoms with van der Waals surface area (Å²) in [5, 5.41) is 0. The highest BCUT2D eigenvalue weighted by molar-refractivity contribution is 5.77. The molecular formula is C14H18F3N3. The third-order valence-electron chi connectivity index (χ3n) is 3.41. The SMILES string of the molecule is Cc1ccc2c(c1)nc(C(C)(N)C(F)(F)F)n2C(C)C. The molecule has 3 nitrogen and oxygen atoms in total. The van der Waals surface area contributed by atoms with Crippen LogP contribution in [0, 0.1) is 6.92 Å². The van der Waals surface area contributed by atoms with Crippen LogP contribution in [0.1, 0.15) is 38.2 Å². The van der Waals surface area contributed by atoms with Gasteiger partial charge in [0.05, 0.1) is 11.0 Å². The zero-order chi connectivity index (χ0) is 15.3. The molecular weight excluding hydrogens is 267 g/mol. The molecule has 110 valence electrons. The molecule has 0 bridgehead atoms. The van der Waals surface area contributed by atoms with E-state index < -0.39 is 11.7 Å². The molecule has 1 aromatic heterocycles. The average Bonchev–Trinajstić information content (AvgIpc) is 2.66. The first kappa shape index (κ1) is 14.8. The number of alkyl halides is 3. The number of halogens is 3. The Labute approximate surface area is 115 Å². The summed E-state index contributed by atoms with van der Waals surface area (Å²) in [5.74, 6) is -0.152. The van der Waals surface area contributed by atoms with Gasteiger partial charge < -0.3 is 10.3 Å². The van der Waals surface area contributed by atoms with E-state index >= 15 is 0 Å². The number of nitrogens with two attached hydrogens (primary N) is 1. The van der Waals surface area contributed by atoms with Gasteiger partial charge in [-0.05, 0) is 45.4 Å². The van der Waals surface area contributed by atoms with Crippen LogP contribution in [-0.2, 0) is 5.54 Å². The predicted octanol–water partition coefficient (Wildman–Crippen LogP) is 3.66. The molecule has 1 heterocycles. The number of fused-ring (bicyclic) bond motifs is 1. The summed E-state index contributed by atoms with van der Waals surface area (Å²) < 4.78 is 41.1. The third kappa shape index (κ3) is 2.18. The molecule has 0 fully saturated rings. The summed E-state index contributed by atoms with van der Waals surface area (Å²) in [6.07, 6.45) is -4.56. The van der Waals surface area contributed by atoms with Crippen molar-refractivity contribution in [3.63, 3.8) is 0 Å². The number of imidazole rings is 1. The molecule has 1 atom stereocenters. The molecule has 6 heteroatoms. The van der Waals surface area contributed by atoms with Gasteiger partial charge in [-0.15, -0.1) is 0 Å². The highest BCUT2D eigenvalue weighted by Gasteiger charge is 2.52. The van der Waals surface area contributed by atoms with Crippen LogP contribution in [0.15, 0.2) is 18.2 Å². The Bertz CT molecular complexity index is 639. The highest BCUT2D eigenvalue weighted by atomic mass is 19.4. The van der Waals surface area contributed by atoms with Crippen LogP contribution in [0.5, 0.6) is 0 Å². The Morgan fingerprint density at radius 2 is 1.85 bits per heavy atom. The molecule has 0 spiro atoms. The second-order valence-corrected chi connectivity index (χ2v) is 5.59. The van der Waals surface area contributed by atoms with Gasteiger partial charge in [0, 0.05) is 6.04 Å². The fourth-order valence-corrected chi connectivity index (χ4v) is 2.22. The number of aryl methyl sites for hydroxylation is 1. The van der Waals surface area contributed by atoms with Crippen molar-refractivity contribution in [1.29, 1.82) is 0 Å². The molecule has 2 N–H and O–H groups in total. The minimum absolute atomic E-state index is 0.152. The molecule has 20 heavy (non-hydrogen) atoms. The molecule has 0 saturated carbocycles. The molecule has 1 aromatic carbocycles. The normalized spacial score (nSPS) is 15.8. The van der Waals surface area contributed by atoms with E-state index in [9.17, 15) is 13.2 Å². The average molecular weight is 285 g/mol. The van der Waals surface area contributed by atoms with Crippen LogP contribution in [0.4, 0.5) is 13.2 Å². The second-order valence-electron chi connectivity index (χ2n) is 5.59. The van der Waals surface area contributed by atoms with Crippen molar-refractivity contribution in [3.05, 3.63) is 29.6 Å². The third-order valence-corrected chi connectivity index (χ3v) is 3.41. The van der Waals surface area contributed by atoms with E-state index in [1.54, 1.807) is 16.7 Å². The van der Waals surface area contributed by atoms with Gasteiger partial charge in [0.25, 0.3) is 0 Å². The van der Waals surface area contributed by atoms with Crippen molar-refractivity contribution in [2.45, 2.75) is 45.5 Å². The zero-order valence-corrected chi connectivity index (χ0v) is 11.9. The first-order valence-corrected chi connectivity index (χ1v) is 6.40. The van der Waals surface area contributed by atoms with Gasteiger partial charge in [-0.2, -0.15) is 13.2 Å². The quantitative estimate of drug-likeness (QED) is 0.915. The zero-order valence-electron chi connectivity index (χ0n) is 11.9. The Morgan fingerprint density at radius 3 is 2.35 bits per heavy atom. The largest absolute Gasteiger partial charge is 0.413 e. The van der Waals surface area contributed by atoms with Gasteiger partial charge in [0.1, 0.15) is 5.82 Å².